The first-order chi connectivity index (χ1) is 11.7. The van der Waals surface area contributed by atoms with Crippen LogP contribution in [0.2, 0.25) is 0 Å². The van der Waals surface area contributed by atoms with Crippen LogP contribution in [-0.2, 0) is 0 Å². The van der Waals surface area contributed by atoms with Crippen molar-refractivity contribution in [2.24, 2.45) is 0 Å². The lowest BCUT2D eigenvalue weighted by Crippen LogP contribution is -2.01. The number of nitrogens with two attached hydrogens (primary N) is 1. The number of para-hydroxylation sites is 1. The van der Waals surface area contributed by atoms with E-state index < -0.39 is 0 Å². The van der Waals surface area contributed by atoms with Gasteiger partial charge in [0.25, 0.3) is 0 Å². The zero-order valence-electron chi connectivity index (χ0n) is 13.2. The molecule has 0 aliphatic heterocycles. The van der Waals surface area contributed by atoms with Gasteiger partial charge in [0.05, 0.1) is 23.1 Å². The van der Waals surface area contributed by atoms with E-state index in [1.807, 2.05) is 48.5 Å². The molecule has 4 rings (SSSR count). The van der Waals surface area contributed by atoms with Crippen molar-refractivity contribution >= 4 is 17.2 Å². The molecule has 0 atom stereocenters. The van der Waals surface area contributed by atoms with Crippen LogP contribution >= 0.6 is 11.3 Å². The fraction of sp³-hybridized carbons (Fsp3) is 0.0526. The number of benzene rings is 2. The molecule has 2 N–H and O–H groups in total. The monoisotopic (exact) mass is 332 g/mol. The Labute approximate surface area is 144 Å². The first-order valence-electron chi connectivity index (χ1n) is 7.66. The summed E-state index contributed by atoms with van der Waals surface area (Å²) in [4.78, 5) is 5.97. The molecule has 0 saturated carbocycles. The summed E-state index contributed by atoms with van der Waals surface area (Å²) in [5.74, 6) is 0.606. The van der Waals surface area contributed by atoms with Crippen molar-refractivity contribution in [3.63, 3.8) is 0 Å². The standard InChI is InChI=1S/C19H16N4S/c1-13-17(14-8-4-2-5-9-14)22-19(24-13)16-12-21-23(18(16)20)15-10-6-3-7-11-15/h2-12H,20H2,1H3. The van der Waals surface area contributed by atoms with Crippen molar-refractivity contribution in [1.82, 2.24) is 14.8 Å². The largest absolute Gasteiger partial charge is 0.383 e. The first kappa shape index (κ1) is 14.7. The Morgan fingerprint density at radius 3 is 2.33 bits per heavy atom. The second-order valence-electron chi connectivity index (χ2n) is 5.48. The number of rotatable bonds is 3. The number of thiazole rings is 1. The van der Waals surface area contributed by atoms with Crippen molar-refractivity contribution < 1.29 is 0 Å². The van der Waals surface area contributed by atoms with E-state index in [2.05, 4.69) is 24.2 Å². The van der Waals surface area contributed by atoms with E-state index >= 15 is 0 Å². The Hall–Kier alpha value is -2.92. The van der Waals surface area contributed by atoms with Gasteiger partial charge >= 0.3 is 0 Å². The molecule has 0 aliphatic carbocycles. The summed E-state index contributed by atoms with van der Waals surface area (Å²) in [7, 11) is 0. The van der Waals surface area contributed by atoms with Gasteiger partial charge in [0, 0.05) is 10.4 Å². The summed E-state index contributed by atoms with van der Waals surface area (Å²) in [6.07, 6.45) is 1.79. The molecule has 4 aromatic rings. The van der Waals surface area contributed by atoms with Gasteiger partial charge in [-0.15, -0.1) is 11.3 Å². The van der Waals surface area contributed by atoms with E-state index in [4.69, 9.17) is 10.7 Å². The number of nitrogen functional groups attached to an aromatic ring is 1. The maximum Gasteiger partial charge on any atom is 0.137 e. The van der Waals surface area contributed by atoms with Crippen molar-refractivity contribution in [3.8, 4) is 27.5 Å². The molecular weight excluding hydrogens is 316 g/mol. The summed E-state index contributed by atoms with van der Waals surface area (Å²) in [6.45, 7) is 2.08. The highest BCUT2D eigenvalue weighted by Crippen LogP contribution is 2.36. The summed E-state index contributed by atoms with van der Waals surface area (Å²) in [5.41, 5.74) is 10.3. The third-order valence-electron chi connectivity index (χ3n) is 3.88. The minimum Gasteiger partial charge on any atom is -0.383 e. The number of aromatic nitrogens is 3. The number of hydrogen-bond acceptors (Lipinski definition) is 4. The molecule has 0 fully saturated rings. The molecule has 2 aromatic heterocycles. The lowest BCUT2D eigenvalue weighted by Gasteiger charge is -2.03. The summed E-state index contributed by atoms with van der Waals surface area (Å²) in [5, 5.41) is 5.33. The SMILES string of the molecule is Cc1sc(-c2cnn(-c3ccccc3)c2N)nc1-c1ccccc1. The Morgan fingerprint density at radius 2 is 1.62 bits per heavy atom. The van der Waals surface area contributed by atoms with Gasteiger partial charge < -0.3 is 5.73 Å². The number of anilines is 1. The molecule has 2 heterocycles. The molecule has 0 radical (unpaired) electrons. The molecule has 2 aromatic carbocycles. The third-order valence-corrected chi connectivity index (χ3v) is 4.89. The summed E-state index contributed by atoms with van der Waals surface area (Å²) >= 11 is 1.64. The van der Waals surface area contributed by atoms with Crippen LogP contribution in [0, 0.1) is 6.92 Å². The maximum absolute atomic E-state index is 6.33. The number of nitrogens with zero attached hydrogens (tertiary/aromatic N) is 3. The van der Waals surface area contributed by atoms with Gasteiger partial charge in [-0.3, -0.25) is 0 Å². The Bertz CT molecular complexity index is 971. The van der Waals surface area contributed by atoms with Crippen LogP contribution < -0.4 is 5.73 Å². The van der Waals surface area contributed by atoms with Crippen molar-refractivity contribution in [1.29, 1.82) is 0 Å². The lowest BCUT2D eigenvalue weighted by molar-refractivity contribution is 0.891. The molecule has 0 unspecified atom stereocenters. The van der Waals surface area contributed by atoms with Crippen LogP contribution in [0.5, 0.6) is 0 Å². The zero-order valence-corrected chi connectivity index (χ0v) is 14.0. The van der Waals surface area contributed by atoms with Crippen LogP contribution in [0.1, 0.15) is 4.88 Å². The number of hydrogen-bond donors (Lipinski definition) is 1. The highest BCUT2D eigenvalue weighted by atomic mass is 32.1. The quantitative estimate of drug-likeness (QED) is 0.598. The van der Waals surface area contributed by atoms with Gasteiger partial charge in [-0.25, -0.2) is 9.67 Å². The molecule has 0 amide bonds. The van der Waals surface area contributed by atoms with Gasteiger partial charge in [0.15, 0.2) is 0 Å². The highest BCUT2D eigenvalue weighted by Gasteiger charge is 2.17. The van der Waals surface area contributed by atoms with Gasteiger partial charge in [0.1, 0.15) is 10.8 Å². The lowest BCUT2D eigenvalue weighted by atomic mass is 10.1. The van der Waals surface area contributed by atoms with Crippen LogP contribution in [0.15, 0.2) is 66.9 Å². The second-order valence-corrected chi connectivity index (χ2v) is 6.68. The molecule has 118 valence electrons. The molecule has 0 bridgehead atoms. The molecule has 4 nitrogen and oxygen atoms in total. The molecule has 5 heteroatoms. The molecule has 0 spiro atoms. The first-order valence-corrected chi connectivity index (χ1v) is 8.48. The molecule has 24 heavy (non-hydrogen) atoms. The minimum atomic E-state index is 0.606. The van der Waals surface area contributed by atoms with Crippen LogP contribution in [0.3, 0.4) is 0 Å². The van der Waals surface area contributed by atoms with E-state index in [-0.39, 0.29) is 0 Å². The van der Waals surface area contributed by atoms with Crippen molar-refractivity contribution in [2.75, 3.05) is 5.73 Å². The Kier molecular flexibility index (Phi) is 3.63. The Morgan fingerprint density at radius 1 is 0.958 bits per heavy atom. The van der Waals surface area contributed by atoms with E-state index in [0.29, 0.717) is 5.82 Å². The van der Waals surface area contributed by atoms with Crippen LogP contribution in [0.4, 0.5) is 5.82 Å². The summed E-state index contributed by atoms with van der Waals surface area (Å²) in [6, 6.07) is 20.1. The average Bonchev–Trinajstić information content (AvgIpc) is 3.19. The molecule has 0 saturated heterocycles. The maximum atomic E-state index is 6.33. The fourth-order valence-corrected chi connectivity index (χ4v) is 3.63. The van der Waals surface area contributed by atoms with E-state index in [9.17, 15) is 0 Å². The topological polar surface area (TPSA) is 56.7 Å². The third kappa shape index (κ3) is 2.49. The zero-order chi connectivity index (χ0) is 16.5. The smallest absolute Gasteiger partial charge is 0.137 e. The number of aryl methyl sites for hydroxylation is 1. The Balaban J connectivity index is 1.77. The van der Waals surface area contributed by atoms with Gasteiger partial charge in [-0.2, -0.15) is 5.10 Å². The van der Waals surface area contributed by atoms with Gasteiger partial charge in [0.2, 0.25) is 0 Å². The van der Waals surface area contributed by atoms with Crippen LogP contribution in [-0.4, -0.2) is 14.8 Å². The minimum absolute atomic E-state index is 0.606. The van der Waals surface area contributed by atoms with Crippen molar-refractivity contribution in [2.45, 2.75) is 6.92 Å². The molecular formula is C19H16N4S. The average molecular weight is 332 g/mol. The highest BCUT2D eigenvalue weighted by molar-refractivity contribution is 7.15. The van der Waals surface area contributed by atoms with Crippen LogP contribution in [0.25, 0.3) is 27.5 Å². The second kappa shape index (κ2) is 5.94. The van der Waals surface area contributed by atoms with E-state index in [1.54, 1.807) is 22.2 Å². The van der Waals surface area contributed by atoms with Gasteiger partial charge in [-0.05, 0) is 19.1 Å². The normalized spacial score (nSPS) is 10.9. The van der Waals surface area contributed by atoms with E-state index in [1.165, 1.54) is 4.88 Å². The van der Waals surface area contributed by atoms with Gasteiger partial charge in [-0.1, -0.05) is 48.5 Å². The predicted octanol–water partition coefficient (Wildman–Crippen LogP) is 4.55. The van der Waals surface area contributed by atoms with E-state index in [0.717, 1.165) is 27.5 Å². The molecule has 0 aliphatic rings. The summed E-state index contributed by atoms with van der Waals surface area (Å²) < 4.78 is 1.74. The predicted molar refractivity (Wildman–Crippen MR) is 99.3 cm³/mol. The van der Waals surface area contributed by atoms with Crippen molar-refractivity contribution in [3.05, 3.63) is 71.7 Å². The fourth-order valence-electron chi connectivity index (χ4n) is 2.67.